The first-order valence-corrected chi connectivity index (χ1v) is 12.5. The average molecular weight is 520 g/mol. The van der Waals surface area contributed by atoms with Gasteiger partial charge in [-0.15, -0.1) is 11.3 Å². The summed E-state index contributed by atoms with van der Waals surface area (Å²) < 4.78 is 6.17. The Labute approximate surface area is 215 Å². The molecule has 0 saturated carbocycles. The van der Waals surface area contributed by atoms with E-state index in [9.17, 15) is 20.0 Å². The summed E-state index contributed by atoms with van der Waals surface area (Å²) in [6.45, 7) is 5.23. The van der Waals surface area contributed by atoms with Crippen molar-refractivity contribution in [3.8, 4) is 17.7 Å². The minimum Gasteiger partial charge on any atom is -0.538 e. The largest absolute Gasteiger partial charge is 0.538 e. The number of hydrogen-bond acceptors (Lipinski definition) is 8. The molecular formula is C25H21N5O4S2. The molecule has 36 heavy (non-hydrogen) atoms. The molecule has 2 aromatic heterocycles. The van der Waals surface area contributed by atoms with E-state index in [0.717, 1.165) is 28.7 Å². The maximum atomic E-state index is 13.0. The Hall–Kier alpha value is -4.14. The number of aryl methyl sites for hydroxylation is 1. The summed E-state index contributed by atoms with van der Waals surface area (Å²) in [6.07, 6.45) is 0. The van der Waals surface area contributed by atoms with Crippen LogP contribution in [0.25, 0.3) is 5.69 Å². The number of amides is 2. The van der Waals surface area contributed by atoms with Gasteiger partial charge in [0, 0.05) is 17.8 Å². The quantitative estimate of drug-likeness (QED) is 0.279. The third-order valence-corrected chi connectivity index (χ3v) is 7.58. The average Bonchev–Trinajstić information content (AvgIpc) is 3.39. The molecule has 4 rings (SSSR count). The Morgan fingerprint density at radius 2 is 1.83 bits per heavy atom. The third-order valence-electron chi connectivity index (χ3n) is 5.24. The van der Waals surface area contributed by atoms with Gasteiger partial charge in [0.2, 0.25) is 11.6 Å². The number of carbonyl (C=O) groups is 2. The van der Waals surface area contributed by atoms with Crippen LogP contribution in [0.3, 0.4) is 0 Å². The lowest BCUT2D eigenvalue weighted by Crippen LogP contribution is -2.36. The van der Waals surface area contributed by atoms with Crippen LogP contribution in [0.5, 0.6) is 5.95 Å². The Kier molecular flexibility index (Phi) is 7.38. The molecule has 0 bridgehead atoms. The van der Waals surface area contributed by atoms with Gasteiger partial charge in [0.1, 0.15) is 11.1 Å². The van der Waals surface area contributed by atoms with Crippen molar-refractivity contribution in [2.75, 3.05) is 10.6 Å². The number of hydrogen-bond donors (Lipinski definition) is 2. The van der Waals surface area contributed by atoms with Gasteiger partial charge < -0.3 is 20.3 Å². The van der Waals surface area contributed by atoms with E-state index in [0.29, 0.717) is 21.8 Å². The number of carbonyl (C=O) groups excluding carboxylic acids is 2. The predicted molar refractivity (Wildman–Crippen MR) is 134 cm³/mol. The monoisotopic (exact) mass is 519 g/mol. The highest BCUT2D eigenvalue weighted by atomic mass is 32.2. The number of benzene rings is 2. The lowest BCUT2D eigenvalue weighted by atomic mass is 10.1. The van der Waals surface area contributed by atoms with Crippen molar-refractivity contribution in [2.45, 2.75) is 31.0 Å². The molecule has 0 fully saturated rings. The molecule has 1 unspecified atom stereocenters. The maximum Gasteiger partial charge on any atom is 0.298 e. The van der Waals surface area contributed by atoms with Crippen molar-refractivity contribution in [1.29, 1.82) is 5.26 Å². The molecule has 0 saturated heterocycles. The first-order chi connectivity index (χ1) is 17.3. The summed E-state index contributed by atoms with van der Waals surface area (Å²) in [5.74, 6) is -1.48. The van der Waals surface area contributed by atoms with Crippen molar-refractivity contribution in [3.05, 3.63) is 76.2 Å². The van der Waals surface area contributed by atoms with Crippen LogP contribution in [-0.2, 0) is 4.79 Å². The number of rotatable bonds is 7. The van der Waals surface area contributed by atoms with Crippen molar-refractivity contribution in [2.24, 2.45) is 0 Å². The van der Waals surface area contributed by atoms with Crippen LogP contribution in [0.2, 0.25) is 0 Å². The van der Waals surface area contributed by atoms with Crippen molar-refractivity contribution >= 4 is 45.6 Å². The van der Waals surface area contributed by atoms with Gasteiger partial charge in [-0.25, -0.2) is 0 Å². The molecule has 1 atom stereocenters. The van der Waals surface area contributed by atoms with E-state index in [4.69, 9.17) is 4.52 Å². The number of anilines is 2. The van der Waals surface area contributed by atoms with Gasteiger partial charge in [-0.2, -0.15) is 5.26 Å². The number of nitrogens with one attached hydrogen (secondary N) is 2. The summed E-state index contributed by atoms with van der Waals surface area (Å²) in [5, 5.41) is 31.0. The number of nitriles is 1. The summed E-state index contributed by atoms with van der Waals surface area (Å²) >= 11 is 2.01. The molecule has 0 aliphatic carbocycles. The van der Waals surface area contributed by atoms with Crippen molar-refractivity contribution < 1.29 is 23.9 Å². The van der Waals surface area contributed by atoms with E-state index in [1.807, 2.05) is 25.1 Å². The first-order valence-electron chi connectivity index (χ1n) is 10.8. The fraction of sp³-hybridized carbons (Fsp3) is 0.160. The zero-order valence-electron chi connectivity index (χ0n) is 19.6. The van der Waals surface area contributed by atoms with E-state index in [2.05, 4.69) is 22.0 Å². The van der Waals surface area contributed by atoms with Crippen LogP contribution in [-0.4, -0.2) is 22.3 Å². The van der Waals surface area contributed by atoms with Crippen LogP contribution in [0.1, 0.15) is 33.3 Å². The number of thioether (sulfide) groups is 1. The van der Waals surface area contributed by atoms with Crippen LogP contribution < -0.4 is 20.4 Å². The molecule has 182 valence electrons. The van der Waals surface area contributed by atoms with Gasteiger partial charge in [-0.3, -0.25) is 9.59 Å². The second-order valence-electron chi connectivity index (χ2n) is 7.85. The van der Waals surface area contributed by atoms with Gasteiger partial charge in [0.15, 0.2) is 5.95 Å². The second-order valence-corrected chi connectivity index (χ2v) is 10.2. The molecule has 2 heterocycles. The van der Waals surface area contributed by atoms with E-state index in [-0.39, 0.29) is 21.5 Å². The highest BCUT2D eigenvalue weighted by Gasteiger charge is 2.28. The lowest BCUT2D eigenvalue weighted by Gasteiger charge is -2.09. The molecule has 2 amide bonds. The third kappa shape index (κ3) is 5.25. The summed E-state index contributed by atoms with van der Waals surface area (Å²) in [6, 6.07) is 18.4. The van der Waals surface area contributed by atoms with Crippen LogP contribution in [0, 0.1) is 25.2 Å². The zero-order valence-corrected chi connectivity index (χ0v) is 21.2. The van der Waals surface area contributed by atoms with Gasteiger partial charge >= 0.3 is 0 Å². The number of aromatic nitrogens is 2. The van der Waals surface area contributed by atoms with Crippen LogP contribution in [0.4, 0.5) is 10.7 Å². The van der Waals surface area contributed by atoms with E-state index in [1.54, 1.807) is 50.2 Å². The zero-order chi connectivity index (χ0) is 25.8. The molecule has 2 N–H and O–H groups in total. The van der Waals surface area contributed by atoms with Gasteiger partial charge in [0.05, 0.1) is 21.0 Å². The number of nitrogens with zero attached hydrogens (tertiary/aromatic N) is 3. The van der Waals surface area contributed by atoms with Crippen molar-refractivity contribution in [1.82, 2.24) is 5.27 Å². The van der Waals surface area contributed by atoms with Gasteiger partial charge in [-0.1, -0.05) is 35.9 Å². The molecule has 0 aliphatic rings. The normalized spacial score (nSPS) is 11.5. The summed E-state index contributed by atoms with van der Waals surface area (Å²) in [5.41, 5.74) is 2.98. The van der Waals surface area contributed by atoms with Gasteiger partial charge in [-0.05, 0) is 54.9 Å². The fourth-order valence-electron chi connectivity index (χ4n) is 3.29. The first kappa shape index (κ1) is 25.0. The standard InChI is InChI=1S/C25H21N5O4S2/c1-14-9-11-18(12-10-14)30-24(25(33)34-29-30)35-16(3)21(31)28-23-19(13-26)15(2)20(36-23)22(32)27-17-7-5-4-6-8-17/h4-12,16H,1-3H3,(H2-,27,28,29,31,32,33). The molecule has 0 radical (unpaired) electrons. The topological polar surface area (TPSA) is 135 Å². The minimum absolute atomic E-state index is 0.146. The van der Waals surface area contributed by atoms with Gasteiger partial charge in [0.25, 0.3) is 10.9 Å². The Bertz CT molecular complexity index is 1460. The number of thiophene rings is 1. The molecule has 4 aromatic rings. The smallest absolute Gasteiger partial charge is 0.298 e. The Morgan fingerprint density at radius 1 is 1.14 bits per heavy atom. The molecule has 0 aliphatic heterocycles. The lowest BCUT2D eigenvalue weighted by molar-refractivity contribution is -0.705. The SMILES string of the molecule is Cc1ccc(-[n+]2noc([O-])c2SC(C)C(=O)Nc2sc(C(=O)Nc3ccccc3)c(C)c2C#N)cc1. The molecule has 2 aromatic carbocycles. The van der Waals surface area contributed by atoms with Crippen molar-refractivity contribution in [3.63, 3.8) is 0 Å². The van der Waals surface area contributed by atoms with Crippen LogP contribution >= 0.6 is 23.1 Å². The van der Waals surface area contributed by atoms with Crippen LogP contribution in [0.15, 0.2) is 64.1 Å². The maximum absolute atomic E-state index is 13.0. The molecule has 9 nitrogen and oxygen atoms in total. The molecule has 11 heteroatoms. The Balaban J connectivity index is 1.51. The van der Waals surface area contributed by atoms with E-state index in [1.165, 1.54) is 4.68 Å². The molecular weight excluding hydrogens is 498 g/mol. The summed E-state index contributed by atoms with van der Waals surface area (Å²) in [4.78, 5) is 26.1. The minimum atomic E-state index is -0.732. The predicted octanol–water partition coefficient (Wildman–Crippen LogP) is 3.95. The van der Waals surface area contributed by atoms with E-state index >= 15 is 0 Å². The highest BCUT2D eigenvalue weighted by molar-refractivity contribution is 8.00. The summed E-state index contributed by atoms with van der Waals surface area (Å²) in [7, 11) is 0. The Morgan fingerprint density at radius 3 is 2.50 bits per heavy atom. The molecule has 0 spiro atoms. The van der Waals surface area contributed by atoms with E-state index < -0.39 is 17.1 Å². The number of para-hydroxylation sites is 1. The fourth-order valence-corrected chi connectivity index (χ4v) is 5.21. The highest BCUT2D eigenvalue weighted by Crippen LogP contribution is 2.34. The second kappa shape index (κ2) is 10.6.